The molecule has 5 rings (SSSR count). The number of carbonyl (C=O) groups excluding carboxylic acids is 1. The van der Waals surface area contributed by atoms with Gasteiger partial charge in [0.15, 0.2) is 0 Å². The van der Waals surface area contributed by atoms with Crippen LogP contribution in [0, 0.1) is 11.8 Å². The van der Waals surface area contributed by atoms with E-state index in [9.17, 15) is 4.79 Å². The van der Waals surface area contributed by atoms with Crippen molar-refractivity contribution in [1.82, 2.24) is 4.90 Å². The van der Waals surface area contributed by atoms with Crippen LogP contribution in [0.2, 0.25) is 10.0 Å². The summed E-state index contributed by atoms with van der Waals surface area (Å²) < 4.78 is 13.3. The van der Waals surface area contributed by atoms with Gasteiger partial charge in [-0.15, -0.1) is 0 Å². The molecule has 1 saturated carbocycles. The Kier molecular flexibility index (Phi) is 6.47. The highest BCUT2D eigenvalue weighted by molar-refractivity contribution is 6.30. The van der Waals surface area contributed by atoms with Gasteiger partial charge in [-0.1, -0.05) is 61.3 Å². The maximum atomic E-state index is 12.9. The van der Waals surface area contributed by atoms with Gasteiger partial charge in [-0.05, 0) is 67.0 Å². The highest BCUT2D eigenvalue weighted by Gasteiger charge is 2.59. The number of benzene rings is 2. The molecule has 2 aromatic carbocycles. The minimum absolute atomic E-state index is 0.0914. The van der Waals surface area contributed by atoms with Crippen molar-refractivity contribution in [2.45, 2.75) is 69.9 Å². The number of nitrogens with zero attached hydrogens (tertiary/aromatic N) is 1. The Morgan fingerprint density at radius 3 is 2.18 bits per heavy atom. The molecular formula is C27H31Cl2NO3. The molecule has 6 heteroatoms. The van der Waals surface area contributed by atoms with Crippen molar-refractivity contribution in [2.75, 3.05) is 6.61 Å². The molecule has 0 bridgehead atoms. The summed E-state index contributed by atoms with van der Waals surface area (Å²) in [6.07, 6.45) is 3.94. The summed E-state index contributed by atoms with van der Waals surface area (Å²) in [5, 5.41) is 1.41. The van der Waals surface area contributed by atoms with Gasteiger partial charge in [-0.2, -0.15) is 0 Å². The van der Waals surface area contributed by atoms with Crippen molar-refractivity contribution in [3.63, 3.8) is 0 Å². The molecular weight excluding hydrogens is 457 g/mol. The number of rotatable bonds is 5. The van der Waals surface area contributed by atoms with Crippen LogP contribution >= 0.6 is 23.2 Å². The molecule has 0 aromatic heterocycles. The molecule has 4 nitrogen and oxygen atoms in total. The van der Waals surface area contributed by atoms with Gasteiger partial charge in [0.25, 0.3) is 0 Å². The van der Waals surface area contributed by atoms with E-state index in [-0.39, 0.29) is 24.2 Å². The monoisotopic (exact) mass is 487 g/mol. The Balaban J connectivity index is 1.38. The second-order valence-electron chi connectivity index (χ2n) is 9.98. The molecule has 1 amide bonds. The van der Waals surface area contributed by atoms with Crippen LogP contribution in [0.25, 0.3) is 0 Å². The first-order valence-electron chi connectivity index (χ1n) is 12.0. The van der Waals surface area contributed by atoms with E-state index in [0.29, 0.717) is 34.9 Å². The number of hydrogen-bond donors (Lipinski definition) is 0. The van der Waals surface area contributed by atoms with E-state index >= 15 is 0 Å². The molecule has 0 unspecified atom stereocenters. The fourth-order valence-corrected chi connectivity index (χ4v) is 6.19. The van der Waals surface area contributed by atoms with Crippen molar-refractivity contribution in [2.24, 2.45) is 11.8 Å². The minimum atomic E-state index is -0.444. The topological polar surface area (TPSA) is 38.8 Å². The number of halogens is 2. The van der Waals surface area contributed by atoms with Crippen molar-refractivity contribution < 1.29 is 14.3 Å². The van der Waals surface area contributed by atoms with Crippen molar-refractivity contribution >= 4 is 29.1 Å². The van der Waals surface area contributed by atoms with Gasteiger partial charge in [-0.3, -0.25) is 4.79 Å². The SMILES string of the molecule is CC(C)[C@H]1CO[C@]23CC[C@@H](OC(c4ccc(Cl)cc4)c4ccc(Cl)cc4)C[C@H]2CCC(=O)N13. The molecule has 2 aliphatic heterocycles. The second-order valence-corrected chi connectivity index (χ2v) is 10.9. The summed E-state index contributed by atoms with van der Waals surface area (Å²) >= 11 is 12.3. The average molecular weight is 488 g/mol. The van der Waals surface area contributed by atoms with Gasteiger partial charge in [0.2, 0.25) is 5.91 Å². The van der Waals surface area contributed by atoms with Crippen molar-refractivity contribution in [3.05, 3.63) is 69.7 Å². The predicted molar refractivity (Wildman–Crippen MR) is 130 cm³/mol. The lowest BCUT2D eigenvalue weighted by Crippen LogP contribution is -2.62. The van der Waals surface area contributed by atoms with E-state index in [1.807, 2.05) is 48.5 Å². The summed E-state index contributed by atoms with van der Waals surface area (Å²) in [7, 11) is 0. The quantitative estimate of drug-likeness (QED) is 0.474. The van der Waals surface area contributed by atoms with Gasteiger partial charge in [0.1, 0.15) is 11.8 Å². The highest BCUT2D eigenvalue weighted by Crippen LogP contribution is 2.51. The Labute approximate surface area is 206 Å². The fourth-order valence-electron chi connectivity index (χ4n) is 5.94. The van der Waals surface area contributed by atoms with Gasteiger partial charge in [-0.25, -0.2) is 0 Å². The first-order valence-corrected chi connectivity index (χ1v) is 12.8. The summed E-state index contributed by atoms with van der Waals surface area (Å²) in [6.45, 7) is 5.01. The molecule has 0 radical (unpaired) electrons. The first-order chi connectivity index (χ1) is 15.9. The van der Waals surface area contributed by atoms with E-state index in [1.54, 1.807) is 0 Å². The number of amides is 1. The molecule has 2 aromatic rings. The first kappa shape index (κ1) is 23.2. The maximum absolute atomic E-state index is 12.9. The molecule has 4 atom stereocenters. The molecule has 0 N–H and O–H groups in total. The van der Waals surface area contributed by atoms with Crippen molar-refractivity contribution in [1.29, 1.82) is 0 Å². The lowest BCUT2D eigenvalue weighted by Gasteiger charge is -2.52. The average Bonchev–Trinajstić information content (AvgIpc) is 3.20. The molecule has 3 aliphatic rings. The molecule has 2 heterocycles. The summed E-state index contributed by atoms with van der Waals surface area (Å²) in [6, 6.07) is 15.9. The fraction of sp³-hybridized carbons (Fsp3) is 0.519. The Bertz CT molecular complexity index is 948. The normalized spacial score (nSPS) is 29.5. The lowest BCUT2D eigenvalue weighted by molar-refractivity contribution is -0.200. The number of ether oxygens (including phenoxy) is 2. The molecule has 3 fully saturated rings. The van der Waals surface area contributed by atoms with Crippen LogP contribution in [0.3, 0.4) is 0 Å². The molecule has 176 valence electrons. The standard InChI is InChI=1S/C27H31Cl2NO3/c1-17(2)24-16-32-27-14-13-23(15-20(27)7-12-25(31)30(24)27)33-26(18-3-8-21(28)9-4-18)19-5-10-22(29)11-6-19/h3-6,8-11,17,20,23-24,26H,7,12-16H2,1-2H3/t20-,23-,24-,27-/m1/s1. The summed E-state index contributed by atoms with van der Waals surface area (Å²) in [4.78, 5) is 15.0. The molecule has 1 aliphatic carbocycles. The summed E-state index contributed by atoms with van der Waals surface area (Å²) in [5.74, 6) is 0.941. The minimum Gasteiger partial charge on any atom is -0.366 e. The number of carbonyl (C=O) groups is 1. The van der Waals surface area contributed by atoms with Crippen LogP contribution in [0.5, 0.6) is 0 Å². The Morgan fingerprint density at radius 1 is 1.00 bits per heavy atom. The van der Waals surface area contributed by atoms with Gasteiger partial charge < -0.3 is 14.4 Å². The Morgan fingerprint density at radius 2 is 1.61 bits per heavy atom. The molecule has 33 heavy (non-hydrogen) atoms. The molecule has 1 spiro atoms. The van der Waals surface area contributed by atoms with Crippen molar-refractivity contribution in [3.8, 4) is 0 Å². The smallest absolute Gasteiger partial charge is 0.225 e. The third-order valence-electron chi connectivity index (χ3n) is 7.67. The van der Waals surface area contributed by atoms with Crippen LogP contribution in [0.4, 0.5) is 0 Å². The second kappa shape index (κ2) is 9.22. The maximum Gasteiger partial charge on any atom is 0.225 e. The zero-order chi connectivity index (χ0) is 23.2. The van der Waals surface area contributed by atoms with E-state index in [2.05, 4.69) is 18.7 Å². The number of hydrogen-bond acceptors (Lipinski definition) is 3. The van der Waals surface area contributed by atoms with E-state index in [1.165, 1.54) is 0 Å². The summed E-state index contributed by atoms with van der Waals surface area (Å²) in [5.41, 5.74) is 1.69. The van der Waals surface area contributed by atoms with Crippen LogP contribution in [-0.2, 0) is 14.3 Å². The molecule has 2 saturated heterocycles. The van der Waals surface area contributed by atoms with E-state index in [0.717, 1.165) is 36.8 Å². The van der Waals surface area contributed by atoms with Crippen LogP contribution in [-0.4, -0.2) is 35.3 Å². The Hall–Kier alpha value is -1.59. The van der Waals surface area contributed by atoms with Crippen LogP contribution in [0.1, 0.15) is 63.2 Å². The van der Waals surface area contributed by atoms with Crippen LogP contribution < -0.4 is 0 Å². The largest absolute Gasteiger partial charge is 0.366 e. The predicted octanol–water partition coefficient (Wildman–Crippen LogP) is 6.64. The third kappa shape index (κ3) is 4.32. The number of piperidine rings is 1. The van der Waals surface area contributed by atoms with Gasteiger partial charge >= 0.3 is 0 Å². The lowest BCUT2D eigenvalue weighted by atomic mass is 9.73. The van der Waals surface area contributed by atoms with E-state index < -0.39 is 5.72 Å². The van der Waals surface area contributed by atoms with Gasteiger partial charge in [0.05, 0.1) is 18.8 Å². The van der Waals surface area contributed by atoms with Gasteiger partial charge in [0, 0.05) is 22.4 Å². The zero-order valence-electron chi connectivity index (χ0n) is 19.2. The van der Waals surface area contributed by atoms with E-state index in [4.69, 9.17) is 32.7 Å². The zero-order valence-corrected chi connectivity index (χ0v) is 20.7. The van der Waals surface area contributed by atoms with Crippen LogP contribution in [0.15, 0.2) is 48.5 Å². The third-order valence-corrected chi connectivity index (χ3v) is 8.18. The highest BCUT2D eigenvalue weighted by atomic mass is 35.5.